The molecule has 4 nitrogen and oxygen atoms in total. The second-order valence-electron chi connectivity index (χ2n) is 6.59. The summed E-state index contributed by atoms with van der Waals surface area (Å²) >= 11 is 6.12. The Hall–Kier alpha value is -2.85. The minimum absolute atomic E-state index is 0. The Morgan fingerprint density at radius 1 is 1.15 bits per heavy atom. The van der Waals surface area contributed by atoms with E-state index in [1.54, 1.807) is 6.20 Å². The van der Waals surface area contributed by atoms with Crippen molar-refractivity contribution in [3.8, 4) is 11.3 Å². The molecular weight excluding hydrogens is 344 g/mol. The van der Waals surface area contributed by atoms with Gasteiger partial charge in [0.2, 0.25) is 0 Å². The number of H-pyrrole nitrogens is 1. The maximum atomic E-state index is 6.12. The summed E-state index contributed by atoms with van der Waals surface area (Å²) in [5, 5.41) is 5.20. The van der Waals surface area contributed by atoms with Gasteiger partial charge in [-0.25, -0.2) is 9.97 Å². The van der Waals surface area contributed by atoms with E-state index in [0.29, 0.717) is 11.1 Å². The van der Waals surface area contributed by atoms with E-state index in [9.17, 15) is 0 Å². The Morgan fingerprint density at radius 2 is 2.08 bits per heavy atom. The number of aryl methyl sites for hydroxylation is 1. The number of fused-ring (bicyclic) bond motifs is 2. The predicted molar refractivity (Wildman–Crippen MR) is 108 cm³/mol. The highest BCUT2D eigenvalue weighted by Gasteiger charge is 2.22. The van der Waals surface area contributed by atoms with E-state index in [2.05, 4.69) is 39.6 Å². The van der Waals surface area contributed by atoms with Crippen LogP contribution in [0.2, 0.25) is 5.02 Å². The lowest BCUT2D eigenvalue weighted by Crippen LogP contribution is -2.08. The van der Waals surface area contributed by atoms with Crippen molar-refractivity contribution in [1.29, 1.82) is 0 Å². The molecule has 1 unspecified atom stereocenters. The van der Waals surface area contributed by atoms with Gasteiger partial charge in [-0.1, -0.05) is 41.9 Å². The van der Waals surface area contributed by atoms with Crippen molar-refractivity contribution in [3.05, 3.63) is 77.1 Å². The van der Waals surface area contributed by atoms with Gasteiger partial charge in [0.1, 0.15) is 11.5 Å². The van der Waals surface area contributed by atoms with E-state index in [4.69, 9.17) is 16.6 Å². The molecular formula is C21H19ClN4. The van der Waals surface area contributed by atoms with Crippen molar-refractivity contribution < 1.29 is 1.43 Å². The molecule has 0 bridgehead atoms. The number of anilines is 1. The van der Waals surface area contributed by atoms with Gasteiger partial charge in [0.15, 0.2) is 0 Å². The lowest BCUT2D eigenvalue weighted by molar-refractivity contribution is 0.757. The van der Waals surface area contributed by atoms with Gasteiger partial charge >= 0.3 is 0 Å². The minimum Gasteiger partial charge on any atom is -0.363 e. The van der Waals surface area contributed by atoms with Crippen LogP contribution in [0.15, 0.2) is 60.9 Å². The second-order valence-corrected chi connectivity index (χ2v) is 7.03. The third kappa shape index (κ3) is 2.63. The van der Waals surface area contributed by atoms with Crippen LogP contribution in [0.4, 0.5) is 5.82 Å². The molecule has 5 rings (SSSR count). The quantitative estimate of drug-likeness (QED) is 0.497. The van der Waals surface area contributed by atoms with Crippen LogP contribution in [0.25, 0.3) is 22.3 Å². The number of halogens is 1. The number of nitrogens with zero attached hydrogens (tertiary/aromatic N) is 2. The fraction of sp³-hybridized carbons (Fsp3) is 0.143. The first kappa shape index (κ1) is 15.4. The van der Waals surface area contributed by atoms with Gasteiger partial charge in [-0.3, -0.25) is 0 Å². The third-order valence-electron chi connectivity index (χ3n) is 4.98. The highest BCUT2D eigenvalue weighted by atomic mass is 35.5. The number of pyridine rings is 2. The monoisotopic (exact) mass is 362 g/mol. The fourth-order valence-electron chi connectivity index (χ4n) is 3.74. The number of hydrogen-bond acceptors (Lipinski definition) is 3. The average molecular weight is 363 g/mol. The number of benzene rings is 1. The molecule has 5 heteroatoms. The Balaban J connectivity index is 0.00000180. The van der Waals surface area contributed by atoms with Crippen LogP contribution in [-0.2, 0) is 6.42 Å². The number of aromatic nitrogens is 3. The second kappa shape index (κ2) is 6.15. The molecule has 0 radical (unpaired) electrons. The zero-order valence-corrected chi connectivity index (χ0v) is 14.8. The molecule has 0 amide bonds. The lowest BCUT2D eigenvalue weighted by Gasteiger charge is -2.15. The number of aromatic amines is 1. The van der Waals surface area contributed by atoms with Crippen LogP contribution in [-0.4, -0.2) is 15.0 Å². The van der Waals surface area contributed by atoms with E-state index in [1.165, 1.54) is 11.1 Å². The van der Waals surface area contributed by atoms with Crippen LogP contribution in [0.5, 0.6) is 0 Å². The van der Waals surface area contributed by atoms with Crippen molar-refractivity contribution in [2.45, 2.75) is 18.9 Å². The molecule has 3 aromatic heterocycles. The molecule has 0 saturated heterocycles. The molecule has 3 heterocycles. The summed E-state index contributed by atoms with van der Waals surface area (Å²) in [6, 6.07) is 16.9. The lowest BCUT2D eigenvalue weighted by atomic mass is 10.1. The Morgan fingerprint density at radius 3 is 3.04 bits per heavy atom. The number of nitrogens with one attached hydrogen (secondary N) is 2. The summed E-state index contributed by atoms with van der Waals surface area (Å²) < 4.78 is 0. The Bertz CT molecular complexity index is 1110. The van der Waals surface area contributed by atoms with Gasteiger partial charge < -0.3 is 10.3 Å². The molecule has 2 N–H and O–H groups in total. The Kier molecular flexibility index (Phi) is 3.64. The van der Waals surface area contributed by atoms with Crippen LogP contribution in [0.3, 0.4) is 0 Å². The van der Waals surface area contributed by atoms with E-state index < -0.39 is 0 Å². The van der Waals surface area contributed by atoms with Gasteiger partial charge in [-0.2, -0.15) is 0 Å². The number of hydrogen-bond donors (Lipinski definition) is 2. The molecule has 0 aliphatic heterocycles. The van der Waals surface area contributed by atoms with E-state index in [0.717, 1.165) is 41.0 Å². The molecule has 0 spiro atoms. The standard InChI is InChI=1S/C21H17ClN4.H2/c22-14-10-16-17(12-24-21(16)23-11-14)18-6-3-7-20(25-18)26-19-9-8-13-4-1-2-5-15(13)19;/h1-7,10-12,19H,8-9H2,(H,23,24)(H,25,26);1H. The van der Waals surface area contributed by atoms with Crippen LogP contribution < -0.4 is 5.32 Å². The minimum atomic E-state index is 0. The first-order valence-corrected chi connectivity index (χ1v) is 9.10. The topological polar surface area (TPSA) is 53.6 Å². The van der Waals surface area contributed by atoms with Crippen molar-refractivity contribution >= 4 is 28.5 Å². The molecule has 0 fully saturated rings. The first-order valence-electron chi connectivity index (χ1n) is 8.72. The van der Waals surface area contributed by atoms with Crippen LogP contribution in [0, 0.1) is 0 Å². The summed E-state index contributed by atoms with van der Waals surface area (Å²) in [4.78, 5) is 12.3. The number of rotatable bonds is 3. The Labute approximate surface area is 157 Å². The summed E-state index contributed by atoms with van der Waals surface area (Å²) in [5.41, 5.74) is 5.53. The smallest absolute Gasteiger partial charge is 0.138 e. The van der Waals surface area contributed by atoms with Crippen molar-refractivity contribution in [2.75, 3.05) is 5.32 Å². The fourth-order valence-corrected chi connectivity index (χ4v) is 3.90. The normalized spacial score (nSPS) is 16.0. The zero-order chi connectivity index (χ0) is 17.5. The van der Waals surface area contributed by atoms with E-state index in [-0.39, 0.29) is 1.43 Å². The van der Waals surface area contributed by atoms with Crippen LogP contribution >= 0.6 is 11.6 Å². The summed E-state index contributed by atoms with van der Waals surface area (Å²) in [6.45, 7) is 0. The zero-order valence-electron chi connectivity index (χ0n) is 14.0. The van der Waals surface area contributed by atoms with Gasteiger partial charge in [0.25, 0.3) is 0 Å². The van der Waals surface area contributed by atoms with Crippen molar-refractivity contribution in [1.82, 2.24) is 15.0 Å². The molecule has 26 heavy (non-hydrogen) atoms. The third-order valence-corrected chi connectivity index (χ3v) is 5.18. The van der Waals surface area contributed by atoms with E-state index >= 15 is 0 Å². The van der Waals surface area contributed by atoms with Gasteiger partial charge in [0, 0.05) is 24.8 Å². The summed E-state index contributed by atoms with van der Waals surface area (Å²) in [7, 11) is 0. The molecule has 1 aliphatic rings. The van der Waals surface area contributed by atoms with Crippen LogP contribution in [0.1, 0.15) is 25.0 Å². The summed E-state index contributed by atoms with van der Waals surface area (Å²) in [5.74, 6) is 0.883. The predicted octanol–water partition coefficient (Wildman–Crippen LogP) is 5.62. The molecule has 1 aliphatic carbocycles. The molecule has 1 atom stereocenters. The van der Waals surface area contributed by atoms with Gasteiger partial charge in [0.05, 0.1) is 16.8 Å². The highest BCUT2D eigenvalue weighted by Crippen LogP contribution is 2.34. The molecule has 130 valence electrons. The molecule has 1 aromatic carbocycles. The highest BCUT2D eigenvalue weighted by molar-refractivity contribution is 6.31. The van der Waals surface area contributed by atoms with Gasteiger partial charge in [-0.05, 0) is 42.2 Å². The SMILES string of the molecule is Clc1cnc2[nH]cc(-c3cccc(NC4CCc5ccccc54)n3)c2c1.[HH]. The largest absolute Gasteiger partial charge is 0.363 e. The van der Waals surface area contributed by atoms with Gasteiger partial charge in [-0.15, -0.1) is 0 Å². The molecule has 4 aromatic rings. The van der Waals surface area contributed by atoms with Crippen molar-refractivity contribution in [3.63, 3.8) is 0 Å². The maximum absolute atomic E-state index is 6.12. The van der Waals surface area contributed by atoms with Crippen molar-refractivity contribution in [2.24, 2.45) is 0 Å². The summed E-state index contributed by atoms with van der Waals surface area (Å²) in [6.07, 6.45) is 5.79. The van der Waals surface area contributed by atoms with E-state index in [1.807, 2.05) is 30.5 Å². The first-order chi connectivity index (χ1) is 12.8. The average Bonchev–Trinajstić information content (AvgIpc) is 3.26. The maximum Gasteiger partial charge on any atom is 0.138 e. The molecule has 0 saturated carbocycles.